The van der Waals surface area contributed by atoms with Crippen LogP contribution in [0.25, 0.3) is 0 Å². The van der Waals surface area contributed by atoms with E-state index in [0.29, 0.717) is 12.2 Å². The molecule has 84 valence electrons. The van der Waals surface area contributed by atoms with Gasteiger partial charge < -0.3 is 10.8 Å². The molecule has 0 spiro atoms. The van der Waals surface area contributed by atoms with Gasteiger partial charge in [0.2, 0.25) is 0 Å². The van der Waals surface area contributed by atoms with Crippen molar-refractivity contribution in [3.63, 3.8) is 0 Å². The van der Waals surface area contributed by atoms with Gasteiger partial charge in [-0.05, 0) is 5.56 Å². The number of hydrogen-bond acceptors (Lipinski definition) is 4. The number of aliphatic hydroxyl groups excluding tert-OH is 1. The number of rotatable bonds is 4. The first-order valence-corrected chi connectivity index (χ1v) is 5.10. The lowest BCUT2D eigenvalue weighted by Crippen LogP contribution is -2.17. The zero-order valence-corrected chi connectivity index (χ0v) is 8.82. The highest BCUT2D eigenvalue weighted by Crippen LogP contribution is 2.11. The van der Waals surface area contributed by atoms with Crippen LogP contribution < -0.4 is 5.73 Å². The van der Waals surface area contributed by atoms with Crippen LogP contribution in [0.15, 0.2) is 36.5 Å². The van der Waals surface area contributed by atoms with E-state index in [4.69, 9.17) is 10.8 Å². The molecule has 0 aliphatic rings. The Bertz CT molecular complexity index is 440. The Morgan fingerprint density at radius 2 is 2.06 bits per heavy atom. The summed E-state index contributed by atoms with van der Waals surface area (Å²) in [7, 11) is 0. The molecule has 1 atom stereocenters. The molecule has 1 unspecified atom stereocenters. The molecular weight excluding hydrogens is 204 g/mol. The highest BCUT2D eigenvalue weighted by molar-refractivity contribution is 5.18. The number of aromatic nitrogens is 3. The van der Waals surface area contributed by atoms with Crippen molar-refractivity contribution in [2.24, 2.45) is 5.73 Å². The molecule has 16 heavy (non-hydrogen) atoms. The molecule has 0 saturated heterocycles. The second kappa shape index (κ2) is 4.87. The molecular formula is C11H14N4O. The van der Waals surface area contributed by atoms with E-state index < -0.39 is 0 Å². The van der Waals surface area contributed by atoms with Gasteiger partial charge in [0, 0.05) is 6.04 Å². The van der Waals surface area contributed by atoms with Gasteiger partial charge >= 0.3 is 0 Å². The van der Waals surface area contributed by atoms with E-state index in [0.717, 1.165) is 5.56 Å². The molecule has 5 heteroatoms. The number of nitrogens with two attached hydrogens (primary N) is 1. The van der Waals surface area contributed by atoms with Gasteiger partial charge in [0.1, 0.15) is 5.69 Å². The van der Waals surface area contributed by atoms with E-state index in [1.807, 2.05) is 30.3 Å². The molecule has 0 saturated carbocycles. The Morgan fingerprint density at radius 3 is 2.69 bits per heavy atom. The van der Waals surface area contributed by atoms with Crippen molar-refractivity contribution in [2.75, 3.05) is 0 Å². The van der Waals surface area contributed by atoms with Crippen molar-refractivity contribution in [3.05, 3.63) is 47.8 Å². The third kappa shape index (κ3) is 2.44. The Labute approximate surface area is 93.5 Å². The summed E-state index contributed by atoms with van der Waals surface area (Å²) in [6.07, 6.45) is 1.70. The predicted octanol–water partition coefficient (Wildman–Crippen LogP) is 0.470. The van der Waals surface area contributed by atoms with Crippen molar-refractivity contribution in [3.8, 4) is 0 Å². The minimum Gasteiger partial charge on any atom is -0.390 e. The maximum Gasteiger partial charge on any atom is 0.108 e. The largest absolute Gasteiger partial charge is 0.390 e. The Balaban J connectivity index is 2.05. The highest BCUT2D eigenvalue weighted by atomic mass is 16.3. The summed E-state index contributed by atoms with van der Waals surface area (Å²) in [4.78, 5) is 0. The van der Waals surface area contributed by atoms with E-state index in [9.17, 15) is 0 Å². The van der Waals surface area contributed by atoms with E-state index in [-0.39, 0.29) is 12.6 Å². The summed E-state index contributed by atoms with van der Waals surface area (Å²) < 4.78 is 1.64. The van der Waals surface area contributed by atoms with Gasteiger partial charge in [0.05, 0.1) is 19.3 Å². The van der Waals surface area contributed by atoms with Gasteiger partial charge in [-0.2, -0.15) is 0 Å². The van der Waals surface area contributed by atoms with Crippen LogP contribution in [0.2, 0.25) is 0 Å². The molecule has 0 fully saturated rings. The maximum absolute atomic E-state index is 8.86. The number of aliphatic hydroxyl groups is 1. The van der Waals surface area contributed by atoms with Crippen molar-refractivity contribution in [1.82, 2.24) is 15.0 Å². The van der Waals surface area contributed by atoms with E-state index in [1.54, 1.807) is 10.9 Å². The molecule has 2 rings (SSSR count). The van der Waals surface area contributed by atoms with Gasteiger partial charge in [-0.25, -0.2) is 0 Å². The second-order valence-corrected chi connectivity index (χ2v) is 3.61. The van der Waals surface area contributed by atoms with E-state index >= 15 is 0 Å². The van der Waals surface area contributed by atoms with Crippen molar-refractivity contribution < 1.29 is 5.11 Å². The molecule has 2 aromatic rings. The summed E-state index contributed by atoms with van der Waals surface area (Å²) in [5.74, 6) is 0. The van der Waals surface area contributed by atoms with Crippen LogP contribution in [0.5, 0.6) is 0 Å². The average Bonchev–Trinajstić information content (AvgIpc) is 2.78. The van der Waals surface area contributed by atoms with E-state index in [2.05, 4.69) is 10.3 Å². The summed E-state index contributed by atoms with van der Waals surface area (Å²) in [6.45, 7) is 0.456. The van der Waals surface area contributed by atoms with Crippen LogP contribution in [-0.2, 0) is 13.2 Å². The zero-order valence-electron chi connectivity index (χ0n) is 8.82. The monoisotopic (exact) mass is 218 g/mol. The van der Waals surface area contributed by atoms with Gasteiger partial charge in [0.25, 0.3) is 0 Å². The summed E-state index contributed by atoms with van der Waals surface area (Å²) in [5, 5.41) is 16.5. The van der Waals surface area contributed by atoms with Gasteiger partial charge in [0.15, 0.2) is 0 Å². The van der Waals surface area contributed by atoms with Gasteiger partial charge in [-0.15, -0.1) is 5.10 Å². The normalized spacial score (nSPS) is 12.6. The maximum atomic E-state index is 8.86. The molecule has 0 bridgehead atoms. The molecule has 0 radical (unpaired) electrons. The summed E-state index contributed by atoms with van der Waals surface area (Å²) in [6, 6.07) is 9.71. The molecule has 0 aliphatic heterocycles. The third-order valence-electron chi connectivity index (χ3n) is 2.36. The summed E-state index contributed by atoms with van der Waals surface area (Å²) >= 11 is 0. The predicted molar refractivity (Wildman–Crippen MR) is 59.3 cm³/mol. The lowest BCUT2D eigenvalue weighted by atomic mass is 10.1. The fraction of sp³-hybridized carbons (Fsp3) is 0.273. The van der Waals surface area contributed by atoms with Crippen LogP contribution in [-0.4, -0.2) is 20.1 Å². The molecule has 3 N–H and O–H groups in total. The molecule has 1 aromatic heterocycles. The van der Waals surface area contributed by atoms with Crippen LogP contribution >= 0.6 is 0 Å². The van der Waals surface area contributed by atoms with Gasteiger partial charge in [-0.1, -0.05) is 35.5 Å². The number of hydrogen-bond donors (Lipinski definition) is 2. The van der Waals surface area contributed by atoms with Crippen molar-refractivity contribution in [2.45, 2.75) is 19.2 Å². The first kappa shape index (κ1) is 10.8. The Morgan fingerprint density at radius 1 is 1.31 bits per heavy atom. The lowest BCUT2D eigenvalue weighted by molar-refractivity contribution is 0.276. The molecule has 0 amide bonds. The number of benzene rings is 1. The third-order valence-corrected chi connectivity index (χ3v) is 2.36. The van der Waals surface area contributed by atoms with Crippen molar-refractivity contribution >= 4 is 0 Å². The molecule has 1 heterocycles. The fourth-order valence-corrected chi connectivity index (χ4v) is 1.51. The van der Waals surface area contributed by atoms with Crippen LogP contribution in [0.3, 0.4) is 0 Å². The molecule has 5 nitrogen and oxygen atoms in total. The fourth-order valence-electron chi connectivity index (χ4n) is 1.51. The molecule has 1 aromatic carbocycles. The van der Waals surface area contributed by atoms with Crippen LogP contribution in [0.1, 0.15) is 17.3 Å². The summed E-state index contributed by atoms with van der Waals surface area (Å²) in [5.41, 5.74) is 7.64. The Hall–Kier alpha value is -1.72. The second-order valence-electron chi connectivity index (χ2n) is 3.61. The Kier molecular flexibility index (Phi) is 3.28. The quantitative estimate of drug-likeness (QED) is 0.782. The topological polar surface area (TPSA) is 77.0 Å². The number of nitrogens with zero attached hydrogens (tertiary/aromatic N) is 3. The minimum atomic E-state index is -0.116. The van der Waals surface area contributed by atoms with Crippen LogP contribution in [0.4, 0.5) is 0 Å². The first-order chi connectivity index (χ1) is 7.79. The smallest absolute Gasteiger partial charge is 0.108 e. The van der Waals surface area contributed by atoms with Gasteiger partial charge in [-0.3, -0.25) is 4.68 Å². The lowest BCUT2D eigenvalue weighted by Gasteiger charge is -2.10. The highest BCUT2D eigenvalue weighted by Gasteiger charge is 2.07. The zero-order chi connectivity index (χ0) is 11.4. The standard InChI is InChI=1S/C11H14N4O/c12-11(9-4-2-1-3-5-9)7-15-6-10(8-16)13-14-15/h1-6,11,16H,7-8,12H2. The van der Waals surface area contributed by atoms with Crippen molar-refractivity contribution in [1.29, 1.82) is 0 Å². The molecule has 0 aliphatic carbocycles. The van der Waals surface area contributed by atoms with Crippen LogP contribution in [0, 0.1) is 0 Å². The van der Waals surface area contributed by atoms with E-state index in [1.165, 1.54) is 0 Å². The first-order valence-electron chi connectivity index (χ1n) is 5.10. The SMILES string of the molecule is NC(Cn1cc(CO)nn1)c1ccccc1. The average molecular weight is 218 g/mol. The minimum absolute atomic E-state index is 0.0967.